The first-order chi connectivity index (χ1) is 11.3. The monoisotopic (exact) mass is 310 g/mol. The molecule has 0 saturated carbocycles. The summed E-state index contributed by atoms with van der Waals surface area (Å²) in [5.41, 5.74) is 2.13. The molecule has 1 aromatic heterocycles. The molecular formula is C17H18N4O2. The van der Waals surface area contributed by atoms with Crippen molar-refractivity contribution < 1.29 is 9.53 Å². The molecule has 1 atom stereocenters. The molecule has 2 aliphatic rings. The number of benzene rings is 1. The van der Waals surface area contributed by atoms with Crippen LogP contribution in [0.2, 0.25) is 0 Å². The Morgan fingerprint density at radius 2 is 1.91 bits per heavy atom. The van der Waals surface area contributed by atoms with Crippen LogP contribution in [0.1, 0.15) is 23.5 Å². The molecule has 1 amide bonds. The number of amides is 1. The highest BCUT2D eigenvalue weighted by atomic mass is 16.5. The van der Waals surface area contributed by atoms with E-state index in [1.165, 1.54) is 6.33 Å². The van der Waals surface area contributed by atoms with Gasteiger partial charge in [-0.15, -0.1) is 0 Å². The molecule has 3 heterocycles. The number of fused-ring (bicyclic) bond motifs is 1. The van der Waals surface area contributed by atoms with E-state index in [-0.39, 0.29) is 11.8 Å². The Labute approximate surface area is 134 Å². The van der Waals surface area contributed by atoms with E-state index in [0.29, 0.717) is 25.5 Å². The third-order valence-corrected chi connectivity index (χ3v) is 4.37. The summed E-state index contributed by atoms with van der Waals surface area (Å²) in [5.74, 6) is 1.52. The number of anilines is 2. The van der Waals surface area contributed by atoms with E-state index in [1.807, 2.05) is 18.2 Å². The van der Waals surface area contributed by atoms with Gasteiger partial charge in [-0.3, -0.25) is 4.79 Å². The van der Waals surface area contributed by atoms with Crippen molar-refractivity contribution in [3.8, 4) is 0 Å². The molecule has 4 rings (SSSR count). The Morgan fingerprint density at radius 3 is 2.70 bits per heavy atom. The largest absolute Gasteiger partial charge is 0.378 e. The summed E-state index contributed by atoms with van der Waals surface area (Å²) >= 11 is 0. The van der Waals surface area contributed by atoms with Crippen LogP contribution in [0.25, 0.3) is 0 Å². The van der Waals surface area contributed by atoms with Gasteiger partial charge < -0.3 is 15.0 Å². The Morgan fingerprint density at radius 1 is 1.13 bits per heavy atom. The Kier molecular flexibility index (Phi) is 3.67. The van der Waals surface area contributed by atoms with E-state index in [9.17, 15) is 4.79 Å². The third-order valence-electron chi connectivity index (χ3n) is 4.37. The van der Waals surface area contributed by atoms with Gasteiger partial charge in [0.2, 0.25) is 5.91 Å². The number of hydrogen-bond acceptors (Lipinski definition) is 5. The van der Waals surface area contributed by atoms with Gasteiger partial charge in [-0.2, -0.15) is 0 Å². The van der Waals surface area contributed by atoms with Crippen LogP contribution >= 0.6 is 0 Å². The van der Waals surface area contributed by atoms with Crippen molar-refractivity contribution in [2.24, 2.45) is 0 Å². The molecule has 1 unspecified atom stereocenters. The zero-order valence-electron chi connectivity index (χ0n) is 12.7. The predicted molar refractivity (Wildman–Crippen MR) is 86.6 cm³/mol. The lowest BCUT2D eigenvalue weighted by Gasteiger charge is -2.33. The Bertz CT molecular complexity index is 714. The first-order valence-corrected chi connectivity index (χ1v) is 7.85. The lowest BCUT2D eigenvalue weighted by molar-refractivity contribution is -0.116. The third kappa shape index (κ3) is 2.66. The van der Waals surface area contributed by atoms with Gasteiger partial charge in [0.15, 0.2) is 0 Å². The molecule has 1 saturated heterocycles. The molecule has 6 heteroatoms. The van der Waals surface area contributed by atoms with Crippen LogP contribution in [0, 0.1) is 0 Å². The van der Waals surface area contributed by atoms with Crippen LogP contribution < -0.4 is 10.2 Å². The fourth-order valence-electron chi connectivity index (χ4n) is 3.27. The number of carbonyl (C=O) groups is 1. The van der Waals surface area contributed by atoms with Crippen molar-refractivity contribution in [1.82, 2.24) is 9.97 Å². The molecule has 0 aliphatic carbocycles. The normalized spacial score (nSPS) is 20.8. The van der Waals surface area contributed by atoms with Crippen LogP contribution in [0.15, 0.2) is 36.7 Å². The fraction of sp³-hybridized carbons (Fsp3) is 0.353. The zero-order chi connectivity index (χ0) is 15.6. The number of nitrogens with zero attached hydrogens (tertiary/aromatic N) is 3. The summed E-state index contributed by atoms with van der Waals surface area (Å²) in [7, 11) is 0. The lowest BCUT2D eigenvalue weighted by atomic mass is 9.86. The van der Waals surface area contributed by atoms with Crippen LogP contribution in [0.5, 0.6) is 0 Å². The molecule has 0 spiro atoms. The maximum atomic E-state index is 12.1. The second-order valence-corrected chi connectivity index (χ2v) is 5.77. The average molecular weight is 310 g/mol. The van der Waals surface area contributed by atoms with Crippen molar-refractivity contribution in [2.45, 2.75) is 12.3 Å². The first-order valence-electron chi connectivity index (χ1n) is 7.85. The summed E-state index contributed by atoms with van der Waals surface area (Å²) in [6, 6.07) is 10.1. The van der Waals surface area contributed by atoms with Gasteiger partial charge >= 0.3 is 0 Å². The SMILES string of the molecule is O=C1CC(c2ccccc2)c2c(ncnc2N2CCOCC2)N1. The van der Waals surface area contributed by atoms with Gasteiger partial charge in [0.05, 0.1) is 13.2 Å². The van der Waals surface area contributed by atoms with E-state index >= 15 is 0 Å². The van der Waals surface area contributed by atoms with E-state index in [1.54, 1.807) is 0 Å². The summed E-state index contributed by atoms with van der Waals surface area (Å²) in [6.07, 6.45) is 1.94. The predicted octanol–water partition coefficient (Wildman–Crippen LogP) is 1.79. The second-order valence-electron chi connectivity index (χ2n) is 5.77. The van der Waals surface area contributed by atoms with Crippen molar-refractivity contribution in [1.29, 1.82) is 0 Å². The second kappa shape index (κ2) is 5.96. The number of morpholine rings is 1. The maximum absolute atomic E-state index is 12.1. The average Bonchev–Trinajstić information content (AvgIpc) is 2.62. The highest BCUT2D eigenvalue weighted by Gasteiger charge is 2.32. The van der Waals surface area contributed by atoms with Crippen LogP contribution in [0.3, 0.4) is 0 Å². The van der Waals surface area contributed by atoms with Crippen molar-refractivity contribution in [3.05, 3.63) is 47.8 Å². The minimum Gasteiger partial charge on any atom is -0.378 e. The molecule has 118 valence electrons. The minimum atomic E-state index is -0.0148. The van der Waals surface area contributed by atoms with E-state index < -0.39 is 0 Å². The molecule has 23 heavy (non-hydrogen) atoms. The van der Waals surface area contributed by atoms with Crippen LogP contribution in [0.4, 0.5) is 11.6 Å². The fourth-order valence-corrected chi connectivity index (χ4v) is 3.27. The van der Waals surface area contributed by atoms with Gasteiger partial charge in [0.25, 0.3) is 0 Å². The molecule has 6 nitrogen and oxygen atoms in total. The summed E-state index contributed by atoms with van der Waals surface area (Å²) < 4.78 is 5.44. The molecule has 1 aromatic carbocycles. The molecule has 2 aliphatic heterocycles. The number of ether oxygens (including phenoxy) is 1. The summed E-state index contributed by atoms with van der Waals surface area (Å²) in [4.78, 5) is 23.1. The topological polar surface area (TPSA) is 67.4 Å². The summed E-state index contributed by atoms with van der Waals surface area (Å²) in [5, 5.41) is 2.89. The molecule has 2 aromatic rings. The molecule has 0 bridgehead atoms. The minimum absolute atomic E-state index is 0.00187. The van der Waals surface area contributed by atoms with Crippen molar-refractivity contribution in [3.63, 3.8) is 0 Å². The Hall–Kier alpha value is -2.47. The van der Waals surface area contributed by atoms with E-state index in [4.69, 9.17) is 4.74 Å². The standard InChI is InChI=1S/C17H18N4O2/c22-14-10-13(12-4-2-1-3-5-12)15-16(20-14)18-11-19-17(15)21-6-8-23-9-7-21/h1-5,11,13H,6-10H2,(H,18,19,20,22). The number of aromatic nitrogens is 2. The summed E-state index contributed by atoms with van der Waals surface area (Å²) in [6.45, 7) is 3.00. The maximum Gasteiger partial charge on any atom is 0.226 e. The molecule has 1 fully saturated rings. The lowest BCUT2D eigenvalue weighted by Crippen LogP contribution is -2.38. The number of rotatable bonds is 2. The van der Waals surface area contributed by atoms with Crippen molar-refractivity contribution >= 4 is 17.5 Å². The van der Waals surface area contributed by atoms with Crippen molar-refractivity contribution in [2.75, 3.05) is 36.5 Å². The zero-order valence-corrected chi connectivity index (χ0v) is 12.7. The molecule has 1 N–H and O–H groups in total. The smallest absolute Gasteiger partial charge is 0.226 e. The molecule has 0 radical (unpaired) electrons. The number of carbonyl (C=O) groups excluding carboxylic acids is 1. The van der Waals surface area contributed by atoms with Gasteiger partial charge in [0.1, 0.15) is 18.0 Å². The molecular weight excluding hydrogens is 292 g/mol. The van der Waals surface area contributed by atoms with Gasteiger partial charge in [-0.1, -0.05) is 30.3 Å². The van der Waals surface area contributed by atoms with E-state index in [2.05, 4.69) is 32.3 Å². The highest BCUT2D eigenvalue weighted by molar-refractivity contribution is 5.95. The van der Waals surface area contributed by atoms with Crippen LogP contribution in [-0.4, -0.2) is 42.2 Å². The number of hydrogen-bond donors (Lipinski definition) is 1. The van der Waals surface area contributed by atoms with Gasteiger partial charge in [0, 0.05) is 31.0 Å². The van der Waals surface area contributed by atoms with Gasteiger partial charge in [-0.25, -0.2) is 9.97 Å². The number of nitrogens with one attached hydrogen (secondary N) is 1. The quantitative estimate of drug-likeness (QED) is 0.916. The highest BCUT2D eigenvalue weighted by Crippen LogP contribution is 2.40. The van der Waals surface area contributed by atoms with E-state index in [0.717, 1.165) is 30.0 Å². The Balaban J connectivity index is 1.82. The van der Waals surface area contributed by atoms with Crippen LogP contribution in [-0.2, 0) is 9.53 Å². The van der Waals surface area contributed by atoms with Gasteiger partial charge in [-0.05, 0) is 5.56 Å². The first kappa shape index (κ1) is 14.1.